The van der Waals surface area contributed by atoms with Gasteiger partial charge in [0.05, 0.1) is 5.52 Å². The standard InChI is InChI=1S/C12H12F4N2/c13-9-5-1-3-7-8(4-2-6-17)11(12(14,15)16)18-10(7)9/h1,3,5,18H,2,4,6,17H2. The van der Waals surface area contributed by atoms with Crippen molar-refractivity contribution in [3.8, 4) is 0 Å². The number of para-hydroxylation sites is 1. The molecule has 0 aliphatic rings. The average molecular weight is 260 g/mol. The number of hydrogen-bond donors (Lipinski definition) is 2. The number of fused-ring (bicyclic) bond motifs is 1. The quantitative estimate of drug-likeness (QED) is 0.817. The van der Waals surface area contributed by atoms with Crippen LogP contribution in [0.2, 0.25) is 0 Å². The summed E-state index contributed by atoms with van der Waals surface area (Å²) in [6.07, 6.45) is -3.92. The fraction of sp³-hybridized carbons (Fsp3) is 0.333. The van der Waals surface area contributed by atoms with E-state index in [4.69, 9.17) is 5.73 Å². The molecule has 2 nitrogen and oxygen atoms in total. The Labute approximate surface area is 101 Å². The van der Waals surface area contributed by atoms with Gasteiger partial charge in [-0.25, -0.2) is 4.39 Å². The van der Waals surface area contributed by atoms with Crippen LogP contribution in [0.4, 0.5) is 17.6 Å². The first-order valence-corrected chi connectivity index (χ1v) is 5.51. The summed E-state index contributed by atoms with van der Waals surface area (Å²) in [5.41, 5.74) is 4.42. The van der Waals surface area contributed by atoms with Crippen molar-refractivity contribution >= 4 is 10.9 Å². The third kappa shape index (κ3) is 2.20. The Balaban J connectivity index is 2.65. The van der Waals surface area contributed by atoms with Crippen molar-refractivity contribution in [2.75, 3.05) is 6.54 Å². The lowest BCUT2D eigenvalue weighted by atomic mass is 10.1. The maximum atomic E-state index is 13.5. The van der Waals surface area contributed by atoms with Gasteiger partial charge in [-0.15, -0.1) is 0 Å². The highest BCUT2D eigenvalue weighted by Crippen LogP contribution is 2.36. The highest BCUT2D eigenvalue weighted by molar-refractivity contribution is 5.85. The number of benzene rings is 1. The number of nitrogens with two attached hydrogens (primary N) is 1. The second-order valence-corrected chi connectivity index (χ2v) is 4.03. The van der Waals surface area contributed by atoms with Crippen LogP contribution >= 0.6 is 0 Å². The van der Waals surface area contributed by atoms with Gasteiger partial charge in [-0.3, -0.25) is 0 Å². The molecular formula is C12H12F4N2. The molecule has 0 radical (unpaired) electrons. The van der Waals surface area contributed by atoms with Crippen LogP contribution in [0.5, 0.6) is 0 Å². The van der Waals surface area contributed by atoms with E-state index in [-0.39, 0.29) is 22.9 Å². The van der Waals surface area contributed by atoms with Gasteiger partial charge in [0.15, 0.2) is 0 Å². The van der Waals surface area contributed by atoms with Crippen molar-refractivity contribution < 1.29 is 17.6 Å². The van der Waals surface area contributed by atoms with Crippen molar-refractivity contribution in [1.82, 2.24) is 4.98 Å². The molecule has 0 aliphatic carbocycles. The molecule has 1 aromatic carbocycles. The number of aryl methyl sites for hydroxylation is 1. The zero-order valence-electron chi connectivity index (χ0n) is 9.44. The van der Waals surface area contributed by atoms with Gasteiger partial charge in [-0.1, -0.05) is 12.1 Å². The summed E-state index contributed by atoms with van der Waals surface area (Å²) in [5, 5.41) is 0.274. The number of aromatic amines is 1. The molecule has 0 saturated heterocycles. The number of nitrogens with one attached hydrogen (secondary N) is 1. The molecule has 0 saturated carbocycles. The van der Waals surface area contributed by atoms with Gasteiger partial charge in [0, 0.05) is 5.39 Å². The predicted molar refractivity (Wildman–Crippen MR) is 60.6 cm³/mol. The first-order valence-electron chi connectivity index (χ1n) is 5.51. The summed E-state index contributed by atoms with van der Waals surface area (Å²) in [4.78, 5) is 2.14. The Bertz CT molecular complexity index is 557. The van der Waals surface area contributed by atoms with Gasteiger partial charge >= 0.3 is 6.18 Å². The predicted octanol–water partition coefficient (Wildman–Crippen LogP) is 3.22. The molecule has 0 bridgehead atoms. The number of aromatic nitrogens is 1. The first kappa shape index (κ1) is 12.9. The van der Waals surface area contributed by atoms with E-state index in [1.165, 1.54) is 12.1 Å². The third-order valence-electron chi connectivity index (χ3n) is 2.80. The molecule has 6 heteroatoms. The lowest BCUT2D eigenvalue weighted by Crippen LogP contribution is -2.10. The molecule has 98 valence electrons. The van der Waals surface area contributed by atoms with E-state index < -0.39 is 17.7 Å². The van der Waals surface area contributed by atoms with E-state index in [1.807, 2.05) is 0 Å². The van der Waals surface area contributed by atoms with Crippen LogP contribution in [-0.4, -0.2) is 11.5 Å². The van der Waals surface area contributed by atoms with Crippen molar-refractivity contribution in [2.24, 2.45) is 5.73 Å². The smallest absolute Gasteiger partial charge is 0.348 e. The molecule has 2 aromatic rings. The van der Waals surface area contributed by atoms with Crippen LogP contribution in [0, 0.1) is 5.82 Å². The number of H-pyrrole nitrogens is 1. The molecule has 0 unspecified atom stereocenters. The number of alkyl halides is 3. The number of rotatable bonds is 3. The van der Waals surface area contributed by atoms with Gasteiger partial charge in [0.25, 0.3) is 0 Å². The highest BCUT2D eigenvalue weighted by Gasteiger charge is 2.36. The molecule has 0 aliphatic heterocycles. The molecule has 0 atom stereocenters. The van der Waals surface area contributed by atoms with E-state index in [0.717, 1.165) is 6.07 Å². The molecular weight excluding hydrogens is 248 g/mol. The van der Waals surface area contributed by atoms with E-state index in [9.17, 15) is 17.6 Å². The highest BCUT2D eigenvalue weighted by atomic mass is 19.4. The summed E-state index contributed by atoms with van der Waals surface area (Å²) < 4.78 is 52.0. The summed E-state index contributed by atoms with van der Waals surface area (Å²) in [6.45, 7) is 0.291. The lowest BCUT2D eigenvalue weighted by Gasteiger charge is -2.07. The zero-order chi connectivity index (χ0) is 13.3. The molecule has 1 heterocycles. The minimum absolute atomic E-state index is 0.0856. The Kier molecular flexibility index (Phi) is 3.30. The Morgan fingerprint density at radius 1 is 1.22 bits per heavy atom. The summed E-state index contributed by atoms with van der Waals surface area (Å²) >= 11 is 0. The molecule has 2 rings (SSSR count). The van der Waals surface area contributed by atoms with E-state index >= 15 is 0 Å². The summed E-state index contributed by atoms with van der Waals surface area (Å²) in [5.74, 6) is -0.683. The largest absolute Gasteiger partial charge is 0.431 e. The molecule has 0 fully saturated rings. The van der Waals surface area contributed by atoms with Crippen molar-refractivity contribution in [2.45, 2.75) is 19.0 Å². The molecule has 18 heavy (non-hydrogen) atoms. The van der Waals surface area contributed by atoms with Crippen LogP contribution in [0.1, 0.15) is 17.7 Å². The van der Waals surface area contributed by atoms with Gasteiger partial charge in [-0.05, 0) is 31.0 Å². The van der Waals surface area contributed by atoms with Gasteiger partial charge in [-0.2, -0.15) is 13.2 Å². The number of hydrogen-bond acceptors (Lipinski definition) is 1. The Morgan fingerprint density at radius 3 is 2.56 bits per heavy atom. The third-order valence-corrected chi connectivity index (χ3v) is 2.80. The Hall–Kier alpha value is -1.56. The average Bonchev–Trinajstić information content (AvgIpc) is 2.66. The monoisotopic (exact) mass is 260 g/mol. The van der Waals surface area contributed by atoms with Crippen molar-refractivity contribution in [1.29, 1.82) is 0 Å². The van der Waals surface area contributed by atoms with Gasteiger partial charge in [0.1, 0.15) is 11.5 Å². The zero-order valence-corrected chi connectivity index (χ0v) is 9.44. The molecule has 0 spiro atoms. The minimum atomic E-state index is -4.52. The van der Waals surface area contributed by atoms with Crippen LogP contribution in [-0.2, 0) is 12.6 Å². The van der Waals surface area contributed by atoms with Gasteiger partial charge < -0.3 is 10.7 Å². The summed E-state index contributed by atoms with van der Waals surface area (Å²) in [6, 6.07) is 4.01. The van der Waals surface area contributed by atoms with Crippen molar-refractivity contribution in [3.05, 3.63) is 35.3 Å². The van der Waals surface area contributed by atoms with E-state index in [2.05, 4.69) is 4.98 Å². The SMILES string of the molecule is NCCCc1c(C(F)(F)F)[nH]c2c(F)cccc12. The fourth-order valence-corrected chi connectivity index (χ4v) is 2.02. The second-order valence-electron chi connectivity index (χ2n) is 4.03. The maximum absolute atomic E-state index is 13.5. The Morgan fingerprint density at radius 2 is 1.94 bits per heavy atom. The lowest BCUT2D eigenvalue weighted by molar-refractivity contribution is -0.141. The first-order chi connectivity index (χ1) is 8.45. The van der Waals surface area contributed by atoms with E-state index in [1.54, 1.807) is 0 Å². The molecule has 0 amide bonds. The van der Waals surface area contributed by atoms with Crippen LogP contribution in [0.15, 0.2) is 18.2 Å². The van der Waals surface area contributed by atoms with Crippen LogP contribution in [0.3, 0.4) is 0 Å². The van der Waals surface area contributed by atoms with Crippen LogP contribution < -0.4 is 5.73 Å². The molecule has 1 aromatic heterocycles. The fourth-order valence-electron chi connectivity index (χ4n) is 2.02. The minimum Gasteiger partial charge on any atom is -0.348 e. The maximum Gasteiger partial charge on any atom is 0.431 e. The molecule has 3 N–H and O–H groups in total. The summed E-state index contributed by atoms with van der Waals surface area (Å²) in [7, 11) is 0. The normalized spacial score (nSPS) is 12.3. The number of halogens is 4. The second kappa shape index (κ2) is 4.61. The van der Waals surface area contributed by atoms with Crippen molar-refractivity contribution in [3.63, 3.8) is 0 Å². The van der Waals surface area contributed by atoms with E-state index in [0.29, 0.717) is 13.0 Å². The van der Waals surface area contributed by atoms with Crippen LogP contribution in [0.25, 0.3) is 10.9 Å². The topological polar surface area (TPSA) is 41.8 Å². The van der Waals surface area contributed by atoms with Gasteiger partial charge in [0.2, 0.25) is 0 Å².